The van der Waals surface area contributed by atoms with E-state index >= 15 is 0 Å². The first-order valence-electron chi connectivity index (χ1n) is 11.6. The van der Waals surface area contributed by atoms with Crippen LogP contribution >= 0.6 is 0 Å². The van der Waals surface area contributed by atoms with Crippen LogP contribution in [0.1, 0.15) is 80.9 Å². The van der Waals surface area contributed by atoms with Crippen LogP contribution in [0.3, 0.4) is 0 Å². The first-order valence-corrected chi connectivity index (χ1v) is 11.6. The zero-order valence-electron chi connectivity index (χ0n) is 20.9. The van der Waals surface area contributed by atoms with E-state index in [4.69, 9.17) is 4.74 Å². The number of carbonyl (C=O) groups is 2. The fourth-order valence-corrected chi connectivity index (χ4v) is 5.29. The number of aryl methyl sites for hydroxylation is 3. The molecule has 0 bridgehead atoms. The molecule has 1 aromatic heterocycles. The van der Waals surface area contributed by atoms with E-state index in [2.05, 4.69) is 18.9 Å². The molecule has 0 atom stereocenters. The highest BCUT2D eigenvalue weighted by Crippen LogP contribution is 2.42. The van der Waals surface area contributed by atoms with E-state index in [1.54, 1.807) is 14.0 Å². The van der Waals surface area contributed by atoms with Crippen molar-refractivity contribution in [1.29, 1.82) is 0 Å². The molecule has 0 amide bonds. The van der Waals surface area contributed by atoms with Gasteiger partial charge in [-0.15, -0.1) is 0 Å². The number of non-ortho nitro benzene ring substituents is 1. The quantitative estimate of drug-likeness (QED) is 0.214. The molecule has 4 rings (SSSR count). The zero-order chi connectivity index (χ0) is 25.7. The monoisotopic (exact) mass is 475 g/mol. The Balaban J connectivity index is 1.75. The molecule has 0 N–H and O–H groups in total. The minimum Gasteiger partial charge on any atom is -0.403 e. The Hall–Kier alpha value is -3.81. The van der Waals surface area contributed by atoms with Crippen molar-refractivity contribution >= 4 is 17.4 Å². The summed E-state index contributed by atoms with van der Waals surface area (Å²) in [6.07, 6.45) is 3.18. The molecule has 1 aliphatic carbocycles. The molecule has 0 unspecified atom stereocenters. The van der Waals surface area contributed by atoms with Gasteiger partial charge in [-0.2, -0.15) is 5.10 Å². The maximum atomic E-state index is 13.9. The van der Waals surface area contributed by atoms with Gasteiger partial charge in [0, 0.05) is 24.7 Å². The van der Waals surface area contributed by atoms with E-state index in [0.29, 0.717) is 11.3 Å². The van der Waals surface area contributed by atoms with E-state index in [1.165, 1.54) is 40.1 Å². The number of carbonyl (C=O) groups excluding carboxylic acids is 2. The highest BCUT2D eigenvalue weighted by molar-refractivity contribution is 6.13. The fraction of sp³-hybridized carbons (Fsp3) is 0.370. The summed E-state index contributed by atoms with van der Waals surface area (Å²) < 4.78 is 6.99. The fourth-order valence-electron chi connectivity index (χ4n) is 5.29. The smallest absolute Gasteiger partial charge is 0.344 e. The van der Waals surface area contributed by atoms with Crippen LogP contribution in [0.5, 0.6) is 5.88 Å². The van der Waals surface area contributed by atoms with Gasteiger partial charge in [0.05, 0.1) is 16.2 Å². The van der Waals surface area contributed by atoms with Gasteiger partial charge in [0.2, 0.25) is 11.7 Å². The van der Waals surface area contributed by atoms with Crippen molar-refractivity contribution < 1.29 is 19.2 Å². The minimum atomic E-state index is -0.726. The van der Waals surface area contributed by atoms with E-state index in [-0.39, 0.29) is 33.9 Å². The molecule has 2 aromatic carbocycles. The summed E-state index contributed by atoms with van der Waals surface area (Å²) in [7, 11) is 1.61. The average Bonchev–Trinajstić information content (AvgIpc) is 3.07. The number of hydrogen-bond acceptors (Lipinski definition) is 6. The molecule has 0 aliphatic heterocycles. The number of nitrogens with zero attached hydrogens (tertiary/aromatic N) is 3. The number of nitro benzene ring substituents is 1. The summed E-state index contributed by atoms with van der Waals surface area (Å²) >= 11 is 0. The summed E-state index contributed by atoms with van der Waals surface area (Å²) in [6, 6.07) is 7.05. The number of rotatable bonds is 5. The number of ether oxygens (including phenoxy) is 1. The third kappa shape index (κ3) is 4.24. The average molecular weight is 476 g/mol. The van der Waals surface area contributed by atoms with Crippen molar-refractivity contribution in [1.82, 2.24) is 9.78 Å². The predicted molar refractivity (Wildman–Crippen MR) is 131 cm³/mol. The number of esters is 1. The van der Waals surface area contributed by atoms with Gasteiger partial charge in [0.25, 0.3) is 5.69 Å². The van der Waals surface area contributed by atoms with Gasteiger partial charge in [0.1, 0.15) is 5.56 Å². The summed E-state index contributed by atoms with van der Waals surface area (Å²) in [5, 5.41) is 15.2. The lowest BCUT2D eigenvalue weighted by Gasteiger charge is -2.36. The molecule has 1 heterocycles. The molecule has 182 valence electrons. The van der Waals surface area contributed by atoms with Crippen LogP contribution in [0.2, 0.25) is 0 Å². The van der Waals surface area contributed by atoms with Crippen molar-refractivity contribution in [2.24, 2.45) is 7.05 Å². The maximum absolute atomic E-state index is 13.9. The lowest BCUT2D eigenvalue weighted by Crippen LogP contribution is -2.27. The van der Waals surface area contributed by atoms with Crippen LogP contribution in [0.4, 0.5) is 5.69 Å². The lowest BCUT2D eigenvalue weighted by molar-refractivity contribution is -0.384. The molecule has 8 heteroatoms. The normalized spacial score (nSPS) is 14.3. The summed E-state index contributed by atoms with van der Waals surface area (Å²) in [6.45, 7) is 10.2. The van der Waals surface area contributed by atoms with E-state index < -0.39 is 10.9 Å². The molecule has 35 heavy (non-hydrogen) atoms. The van der Waals surface area contributed by atoms with Gasteiger partial charge in [-0.1, -0.05) is 13.8 Å². The van der Waals surface area contributed by atoms with Crippen LogP contribution in [0.25, 0.3) is 0 Å². The second-order valence-electron chi connectivity index (χ2n) is 9.87. The number of hydrogen-bond donors (Lipinski definition) is 0. The SMILES string of the molecule is Cc1cc(C(=O)c2c(C)nn(C)c2OC(=O)c2ccc([N+](=O)[O-])cc2)c(C)c2c1CCCC2(C)C. The molecule has 0 spiro atoms. The Morgan fingerprint density at radius 1 is 1.14 bits per heavy atom. The maximum Gasteiger partial charge on any atom is 0.344 e. The molecular weight excluding hydrogens is 446 g/mol. The van der Waals surface area contributed by atoms with Crippen LogP contribution in [-0.4, -0.2) is 26.5 Å². The third-order valence-corrected chi connectivity index (χ3v) is 6.97. The number of aromatic nitrogens is 2. The summed E-state index contributed by atoms with van der Waals surface area (Å²) in [5.74, 6) is -0.923. The highest BCUT2D eigenvalue weighted by atomic mass is 16.6. The molecule has 1 aliphatic rings. The van der Waals surface area contributed by atoms with Crippen molar-refractivity contribution in [3.8, 4) is 5.88 Å². The molecule has 3 aromatic rings. The molecule has 0 saturated carbocycles. The van der Waals surface area contributed by atoms with E-state index in [9.17, 15) is 19.7 Å². The standard InChI is InChI=1S/C27H29N3O5/c1-15-14-21(16(2)23-20(15)8-7-13-27(23,4)5)24(31)22-17(3)28-29(6)25(22)35-26(32)18-9-11-19(12-10-18)30(33)34/h9-12,14H,7-8,13H2,1-6H3. The Bertz CT molecular complexity index is 1370. The first-order chi connectivity index (χ1) is 16.4. The van der Waals surface area contributed by atoms with E-state index in [1.807, 2.05) is 19.9 Å². The number of benzene rings is 2. The molecule has 0 saturated heterocycles. The van der Waals surface area contributed by atoms with Gasteiger partial charge < -0.3 is 4.74 Å². The van der Waals surface area contributed by atoms with Crippen LogP contribution in [0.15, 0.2) is 30.3 Å². The second-order valence-corrected chi connectivity index (χ2v) is 9.87. The lowest BCUT2D eigenvalue weighted by atomic mass is 9.68. The van der Waals surface area contributed by atoms with Crippen molar-refractivity contribution in [2.45, 2.75) is 59.3 Å². The largest absolute Gasteiger partial charge is 0.403 e. The highest BCUT2D eigenvalue weighted by Gasteiger charge is 2.34. The summed E-state index contributed by atoms with van der Waals surface area (Å²) in [4.78, 5) is 37.1. The summed E-state index contributed by atoms with van der Waals surface area (Å²) in [5.41, 5.74) is 5.85. The molecular formula is C27H29N3O5. The van der Waals surface area contributed by atoms with Gasteiger partial charge in [-0.3, -0.25) is 14.9 Å². The predicted octanol–water partition coefficient (Wildman–Crippen LogP) is 5.32. The molecule has 0 fully saturated rings. The Morgan fingerprint density at radius 3 is 2.43 bits per heavy atom. The van der Waals surface area contributed by atoms with E-state index in [0.717, 1.165) is 30.4 Å². The number of nitro groups is 1. The Kier molecular flexibility index (Phi) is 6.09. The Labute approximate surface area is 204 Å². The van der Waals surface area contributed by atoms with Crippen LogP contribution < -0.4 is 4.74 Å². The van der Waals surface area contributed by atoms with Gasteiger partial charge in [0.15, 0.2) is 0 Å². The second kappa shape index (κ2) is 8.76. The zero-order valence-corrected chi connectivity index (χ0v) is 20.9. The number of ketones is 1. The van der Waals surface area contributed by atoms with Crippen LogP contribution in [-0.2, 0) is 18.9 Å². The van der Waals surface area contributed by atoms with Crippen LogP contribution in [0, 0.1) is 30.9 Å². The van der Waals surface area contributed by atoms with Gasteiger partial charge in [-0.05, 0) is 85.9 Å². The molecule has 8 nitrogen and oxygen atoms in total. The number of fused-ring (bicyclic) bond motifs is 1. The third-order valence-electron chi connectivity index (χ3n) is 6.97. The topological polar surface area (TPSA) is 104 Å². The minimum absolute atomic E-state index is 0.0338. The van der Waals surface area contributed by atoms with Gasteiger partial charge >= 0.3 is 5.97 Å². The first kappa shape index (κ1) is 24.3. The molecule has 0 radical (unpaired) electrons. The van der Waals surface area contributed by atoms with Crippen molar-refractivity contribution in [3.05, 3.63) is 85.1 Å². The van der Waals surface area contributed by atoms with Gasteiger partial charge in [-0.25, -0.2) is 9.48 Å². The van der Waals surface area contributed by atoms with Crippen molar-refractivity contribution in [3.63, 3.8) is 0 Å². The van der Waals surface area contributed by atoms with Crippen molar-refractivity contribution in [2.75, 3.05) is 0 Å². The Morgan fingerprint density at radius 2 is 1.80 bits per heavy atom.